The van der Waals surface area contributed by atoms with E-state index >= 15 is 0 Å². The van der Waals surface area contributed by atoms with Crippen LogP contribution < -0.4 is 5.32 Å². The van der Waals surface area contributed by atoms with Crippen LogP contribution in [0.3, 0.4) is 0 Å². The Balaban J connectivity index is 1.30. The molecule has 1 amide bonds. The minimum Gasteiger partial charge on any atom is -0.350 e. The van der Waals surface area contributed by atoms with Crippen LogP contribution in [-0.4, -0.2) is 28.6 Å². The Hall–Kier alpha value is -4.27. The van der Waals surface area contributed by atoms with E-state index in [1.807, 2.05) is 66.7 Å². The highest BCUT2D eigenvalue weighted by atomic mass is 32.2. The van der Waals surface area contributed by atoms with E-state index in [1.165, 1.54) is 4.31 Å². The third kappa shape index (κ3) is 5.77. The Morgan fingerprint density at radius 2 is 1.43 bits per heavy atom. The number of nitrogens with zero attached hydrogens (tertiary/aromatic N) is 2. The average molecular weight is 511 g/mol. The van der Waals surface area contributed by atoms with Crippen molar-refractivity contribution in [1.29, 1.82) is 0 Å². The number of rotatable bonds is 9. The monoisotopic (exact) mass is 510 g/mol. The van der Waals surface area contributed by atoms with Crippen LogP contribution in [-0.2, 0) is 29.7 Å². The van der Waals surface area contributed by atoms with Gasteiger partial charge in [0.05, 0.1) is 4.90 Å². The van der Waals surface area contributed by atoms with Crippen molar-refractivity contribution < 1.29 is 13.2 Å². The Kier molecular flexibility index (Phi) is 7.11. The van der Waals surface area contributed by atoms with E-state index < -0.39 is 10.0 Å². The van der Waals surface area contributed by atoms with Crippen LogP contribution in [0.4, 0.5) is 0 Å². The van der Waals surface area contributed by atoms with E-state index in [-0.39, 0.29) is 30.4 Å². The molecule has 5 aromatic rings. The molecule has 8 heteroatoms. The number of pyridine rings is 1. The van der Waals surface area contributed by atoms with Gasteiger partial charge in [-0.25, -0.2) is 8.42 Å². The van der Waals surface area contributed by atoms with Gasteiger partial charge in [0.15, 0.2) is 0 Å². The van der Waals surface area contributed by atoms with Crippen molar-refractivity contribution in [2.24, 2.45) is 0 Å². The number of aromatic amines is 1. The summed E-state index contributed by atoms with van der Waals surface area (Å²) in [5.41, 5.74) is 3.90. The zero-order valence-electron chi connectivity index (χ0n) is 20.0. The zero-order chi connectivity index (χ0) is 25.7. The fraction of sp³-hybridized carbons (Fsp3) is 0.103. The van der Waals surface area contributed by atoms with Gasteiger partial charge in [-0.3, -0.25) is 9.78 Å². The molecule has 7 nitrogen and oxygen atoms in total. The number of carbonyl (C=O) groups is 1. The molecule has 0 atom stereocenters. The molecule has 37 heavy (non-hydrogen) atoms. The minimum atomic E-state index is -3.77. The average Bonchev–Trinajstić information content (AvgIpc) is 3.37. The summed E-state index contributed by atoms with van der Waals surface area (Å²) in [5, 5.41) is 3.73. The van der Waals surface area contributed by atoms with Crippen LogP contribution in [0.1, 0.15) is 27.2 Å². The second-order valence-corrected chi connectivity index (χ2v) is 10.7. The zero-order valence-corrected chi connectivity index (χ0v) is 20.9. The Labute approximate surface area is 215 Å². The minimum absolute atomic E-state index is 0.206. The van der Waals surface area contributed by atoms with Gasteiger partial charge in [0.25, 0.3) is 5.91 Å². The number of H-pyrrole nitrogens is 1. The van der Waals surface area contributed by atoms with Crippen molar-refractivity contribution in [3.63, 3.8) is 0 Å². The molecule has 0 aliphatic heterocycles. The summed E-state index contributed by atoms with van der Waals surface area (Å²) < 4.78 is 28.8. The van der Waals surface area contributed by atoms with Gasteiger partial charge >= 0.3 is 0 Å². The predicted molar refractivity (Wildman–Crippen MR) is 143 cm³/mol. The van der Waals surface area contributed by atoms with Gasteiger partial charge in [0.1, 0.15) is 5.69 Å². The first-order valence-corrected chi connectivity index (χ1v) is 13.3. The molecule has 2 N–H and O–H groups in total. The number of fused-ring (bicyclic) bond motifs is 1. The molecular formula is C29H26N4O3S. The molecule has 0 saturated heterocycles. The molecule has 5 rings (SSSR count). The normalized spacial score (nSPS) is 11.6. The van der Waals surface area contributed by atoms with Gasteiger partial charge in [-0.1, -0.05) is 72.8 Å². The number of hydrogen-bond acceptors (Lipinski definition) is 4. The second kappa shape index (κ2) is 10.8. The maximum atomic E-state index is 13.6. The number of benzene rings is 3. The third-order valence-corrected chi connectivity index (χ3v) is 7.89. The summed E-state index contributed by atoms with van der Waals surface area (Å²) >= 11 is 0. The number of hydrogen-bond donors (Lipinski definition) is 2. The highest BCUT2D eigenvalue weighted by molar-refractivity contribution is 7.89. The molecule has 0 spiro atoms. The van der Waals surface area contributed by atoms with E-state index in [9.17, 15) is 13.2 Å². The standard InChI is InChI=1S/C29H26N4O3S/c34-29(28-17-25-19-30-16-15-27(25)32-28)31-18-22-11-13-26(14-12-22)37(35,36)33(20-23-7-3-1-4-8-23)21-24-9-5-2-6-10-24/h1-17,19,32H,18,20-21H2,(H,31,34). The second-order valence-electron chi connectivity index (χ2n) is 8.72. The largest absolute Gasteiger partial charge is 0.350 e. The molecule has 2 heterocycles. The number of nitrogens with one attached hydrogen (secondary N) is 2. The molecule has 0 aliphatic rings. The van der Waals surface area contributed by atoms with Crippen molar-refractivity contribution in [3.05, 3.63) is 132 Å². The van der Waals surface area contributed by atoms with Crippen molar-refractivity contribution in [3.8, 4) is 0 Å². The first kappa shape index (κ1) is 24.4. The maximum Gasteiger partial charge on any atom is 0.267 e. The van der Waals surface area contributed by atoms with Crippen LogP contribution in [0, 0.1) is 0 Å². The van der Waals surface area contributed by atoms with Crippen molar-refractivity contribution in [1.82, 2.24) is 19.6 Å². The smallest absolute Gasteiger partial charge is 0.267 e. The quantitative estimate of drug-likeness (QED) is 0.295. The van der Waals surface area contributed by atoms with Crippen LogP contribution in [0.15, 0.2) is 114 Å². The summed E-state index contributed by atoms with van der Waals surface area (Å²) in [4.78, 5) is 19.9. The van der Waals surface area contributed by atoms with E-state index in [0.717, 1.165) is 27.6 Å². The summed E-state index contributed by atoms with van der Waals surface area (Å²) in [6, 6.07) is 29.3. The lowest BCUT2D eigenvalue weighted by molar-refractivity contribution is 0.0946. The van der Waals surface area contributed by atoms with E-state index in [4.69, 9.17) is 0 Å². The Morgan fingerprint density at radius 3 is 2.03 bits per heavy atom. The predicted octanol–water partition coefficient (Wildman–Crippen LogP) is 4.88. The van der Waals surface area contributed by atoms with Gasteiger partial charge in [0, 0.05) is 42.9 Å². The topological polar surface area (TPSA) is 95.2 Å². The molecule has 186 valence electrons. The molecular weight excluding hydrogens is 484 g/mol. The highest BCUT2D eigenvalue weighted by Crippen LogP contribution is 2.22. The lowest BCUT2D eigenvalue weighted by Gasteiger charge is -2.23. The van der Waals surface area contributed by atoms with Gasteiger partial charge in [-0.2, -0.15) is 4.31 Å². The third-order valence-electron chi connectivity index (χ3n) is 6.08. The molecule has 0 radical (unpaired) electrons. The lowest BCUT2D eigenvalue weighted by Crippen LogP contribution is -2.30. The van der Waals surface area contributed by atoms with Crippen LogP contribution in [0.2, 0.25) is 0 Å². The first-order chi connectivity index (χ1) is 18.0. The summed E-state index contributed by atoms with van der Waals surface area (Å²) in [5.74, 6) is -0.246. The van der Waals surface area contributed by atoms with Gasteiger partial charge < -0.3 is 10.3 Å². The number of carbonyl (C=O) groups excluding carboxylic acids is 1. The van der Waals surface area contributed by atoms with Crippen molar-refractivity contribution in [2.45, 2.75) is 24.5 Å². The van der Waals surface area contributed by atoms with Gasteiger partial charge in [0.2, 0.25) is 10.0 Å². The van der Waals surface area contributed by atoms with E-state index in [2.05, 4.69) is 15.3 Å². The van der Waals surface area contributed by atoms with E-state index in [0.29, 0.717) is 5.69 Å². The molecule has 2 aromatic heterocycles. The summed E-state index contributed by atoms with van der Waals surface area (Å²) in [6.07, 6.45) is 3.36. The molecule has 0 bridgehead atoms. The molecule has 0 fully saturated rings. The Morgan fingerprint density at radius 1 is 0.811 bits per heavy atom. The lowest BCUT2D eigenvalue weighted by atomic mass is 10.2. The van der Waals surface area contributed by atoms with Crippen LogP contribution in [0.5, 0.6) is 0 Å². The van der Waals surface area contributed by atoms with Crippen molar-refractivity contribution in [2.75, 3.05) is 0 Å². The maximum absolute atomic E-state index is 13.6. The van der Waals surface area contributed by atoms with Crippen molar-refractivity contribution >= 4 is 26.8 Å². The molecule has 3 aromatic carbocycles. The summed E-state index contributed by atoms with van der Waals surface area (Å²) in [7, 11) is -3.77. The molecule has 0 unspecified atom stereocenters. The molecule has 0 saturated carbocycles. The SMILES string of the molecule is O=C(NCc1ccc(S(=O)(=O)N(Cc2ccccc2)Cc2ccccc2)cc1)c1cc2cnccc2[nH]1. The van der Waals surface area contributed by atoms with Gasteiger partial charge in [-0.05, 0) is 41.0 Å². The number of amides is 1. The summed E-state index contributed by atoms with van der Waals surface area (Å²) in [6.45, 7) is 0.788. The van der Waals surface area contributed by atoms with Gasteiger partial charge in [-0.15, -0.1) is 0 Å². The van der Waals surface area contributed by atoms with Crippen LogP contribution in [0.25, 0.3) is 10.9 Å². The molecule has 0 aliphatic carbocycles. The van der Waals surface area contributed by atoms with Crippen LogP contribution >= 0.6 is 0 Å². The fourth-order valence-electron chi connectivity index (χ4n) is 4.10. The highest BCUT2D eigenvalue weighted by Gasteiger charge is 2.25. The first-order valence-electron chi connectivity index (χ1n) is 11.9. The Bertz CT molecular complexity index is 1530. The number of sulfonamides is 1. The number of aromatic nitrogens is 2. The fourth-order valence-corrected chi connectivity index (χ4v) is 5.52. The van der Waals surface area contributed by atoms with E-state index in [1.54, 1.807) is 42.7 Å².